The second kappa shape index (κ2) is 11.5. The van der Waals surface area contributed by atoms with E-state index in [4.69, 9.17) is 4.74 Å². The van der Waals surface area contributed by atoms with Gasteiger partial charge in [-0.05, 0) is 37.5 Å². The van der Waals surface area contributed by atoms with Gasteiger partial charge in [-0.2, -0.15) is 0 Å². The maximum Gasteiger partial charge on any atom is 0.119 e. The topological polar surface area (TPSA) is 15.7 Å². The van der Waals surface area contributed by atoms with Gasteiger partial charge >= 0.3 is 0 Å². The molecule has 1 saturated heterocycles. The molecule has 0 spiro atoms. The second-order valence-corrected chi connectivity index (χ2v) is 7.48. The van der Waals surface area contributed by atoms with Crippen molar-refractivity contribution in [1.29, 1.82) is 0 Å². The molecule has 0 radical (unpaired) electrons. The van der Waals surface area contributed by atoms with E-state index < -0.39 is 0 Å². The molecule has 0 bridgehead atoms. The fourth-order valence-electron chi connectivity index (χ4n) is 3.47. The highest BCUT2D eigenvalue weighted by atomic mass is 16.5. The number of nitrogens with zero attached hydrogens (tertiary/aromatic N) is 2. The van der Waals surface area contributed by atoms with Crippen LogP contribution in [-0.2, 0) is 6.54 Å². The molecule has 0 N–H and O–H groups in total. The highest BCUT2D eigenvalue weighted by Crippen LogP contribution is 2.16. The second-order valence-electron chi connectivity index (χ2n) is 7.48. The molecule has 1 aromatic carbocycles. The smallest absolute Gasteiger partial charge is 0.119 e. The zero-order chi connectivity index (χ0) is 17.9. The van der Waals surface area contributed by atoms with Crippen LogP contribution in [0, 0.1) is 0 Å². The zero-order valence-electron chi connectivity index (χ0n) is 16.7. The van der Waals surface area contributed by atoms with Gasteiger partial charge in [0.15, 0.2) is 0 Å². The van der Waals surface area contributed by atoms with Gasteiger partial charge in [-0.3, -0.25) is 9.80 Å². The van der Waals surface area contributed by atoms with Crippen molar-refractivity contribution in [3.8, 4) is 5.75 Å². The maximum absolute atomic E-state index is 5.86. The highest BCUT2D eigenvalue weighted by Gasteiger charge is 2.19. The van der Waals surface area contributed by atoms with Gasteiger partial charge in [-0.15, -0.1) is 0 Å². The molecular formula is C22H38N2O. The number of rotatable bonds is 11. The first-order valence-corrected chi connectivity index (χ1v) is 10.4. The van der Waals surface area contributed by atoms with E-state index >= 15 is 0 Å². The Morgan fingerprint density at radius 3 is 2.24 bits per heavy atom. The summed E-state index contributed by atoms with van der Waals surface area (Å²) in [5, 5.41) is 0. The normalized spacial score (nSPS) is 17.6. The van der Waals surface area contributed by atoms with Crippen LogP contribution in [0.5, 0.6) is 5.75 Å². The van der Waals surface area contributed by atoms with Crippen molar-refractivity contribution in [2.45, 2.75) is 71.9 Å². The Kier molecular flexibility index (Phi) is 9.35. The highest BCUT2D eigenvalue weighted by molar-refractivity contribution is 5.27. The summed E-state index contributed by atoms with van der Waals surface area (Å²) in [7, 11) is 0. The largest absolute Gasteiger partial charge is 0.494 e. The van der Waals surface area contributed by atoms with Gasteiger partial charge in [0, 0.05) is 38.8 Å². The van der Waals surface area contributed by atoms with Gasteiger partial charge in [0.25, 0.3) is 0 Å². The van der Waals surface area contributed by atoms with Crippen LogP contribution in [0.2, 0.25) is 0 Å². The van der Waals surface area contributed by atoms with E-state index in [-0.39, 0.29) is 0 Å². The lowest BCUT2D eigenvalue weighted by Crippen LogP contribution is -2.48. The average Bonchev–Trinajstić information content (AvgIpc) is 2.66. The van der Waals surface area contributed by atoms with Gasteiger partial charge < -0.3 is 4.74 Å². The van der Waals surface area contributed by atoms with Gasteiger partial charge in [0.2, 0.25) is 0 Å². The molecule has 1 fully saturated rings. The van der Waals surface area contributed by atoms with Crippen molar-refractivity contribution in [3.63, 3.8) is 0 Å². The number of ether oxygens (including phenoxy) is 1. The molecule has 0 aromatic heterocycles. The van der Waals surface area contributed by atoms with Crippen LogP contribution in [0.25, 0.3) is 0 Å². The van der Waals surface area contributed by atoms with Crippen LogP contribution in [0.1, 0.15) is 64.9 Å². The summed E-state index contributed by atoms with van der Waals surface area (Å²) in [6, 6.07) is 9.45. The first-order chi connectivity index (χ1) is 12.2. The average molecular weight is 347 g/mol. The molecule has 1 unspecified atom stereocenters. The Labute approximate surface area is 155 Å². The number of hydrogen-bond acceptors (Lipinski definition) is 3. The van der Waals surface area contributed by atoms with Crippen LogP contribution in [0.4, 0.5) is 0 Å². The lowest BCUT2D eigenvalue weighted by atomic mass is 10.1. The molecule has 1 aliphatic heterocycles. The standard InChI is InChI=1S/C22H38N2O/c1-4-6-7-8-9-18-25-22-12-10-21(11-13-22)19-23-14-16-24(17-15-23)20(3)5-2/h10-13,20H,4-9,14-19H2,1-3H3. The van der Waals surface area contributed by atoms with E-state index in [9.17, 15) is 0 Å². The van der Waals surface area contributed by atoms with E-state index in [1.165, 1.54) is 70.3 Å². The van der Waals surface area contributed by atoms with Crippen LogP contribution < -0.4 is 4.74 Å². The van der Waals surface area contributed by atoms with Crippen molar-refractivity contribution in [2.24, 2.45) is 0 Å². The number of piperazine rings is 1. The minimum Gasteiger partial charge on any atom is -0.494 e. The lowest BCUT2D eigenvalue weighted by molar-refractivity contribution is 0.0963. The fraction of sp³-hybridized carbons (Fsp3) is 0.727. The lowest BCUT2D eigenvalue weighted by Gasteiger charge is -2.37. The summed E-state index contributed by atoms with van der Waals surface area (Å²) in [4.78, 5) is 5.19. The fourth-order valence-corrected chi connectivity index (χ4v) is 3.47. The Morgan fingerprint density at radius 2 is 1.60 bits per heavy atom. The maximum atomic E-state index is 5.86. The van der Waals surface area contributed by atoms with Gasteiger partial charge in [0.1, 0.15) is 5.75 Å². The van der Waals surface area contributed by atoms with Crippen molar-refractivity contribution in [3.05, 3.63) is 29.8 Å². The molecule has 3 heteroatoms. The minimum absolute atomic E-state index is 0.723. The summed E-state index contributed by atoms with van der Waals surface area (Å²) >= 11 is 0. The zero-order valence-corrected chi connectivity index (χ0v) is 16.7. The molecule has 0 aliphatic carbocycles. The molecule has 1 aromatic rings. The Hall–Kier alpha value is -1.06. The minimum atomic E-state index is 0.723. The summed E-state index contributed by atoms with van der Waals surface area (Å²) in [5.41, 5.74) is 1.40. The Morgan fingerprint density at radius 1 is 0.920 bits per heavy atom. The summed E-state index contributed by atoms with van der Waals surface area (Å²) in [6.07, 6.45) is 7.69. The monoisotopic (exact) mass is 346 g/mol. The molecule has 2 rings (SSSR count). The van der Waals surface area contributed by atoms with Crippen molar-refractivity contribution in [1.82, 2.24) is 9.80 Å². The molecule has 1 atom stereocenters. The van der Waals surface area contributed by atoms with E-state index in [0.29, 0.717) is 0 Å². The molecule has 1 aliphatic rings. The number of unbranched alkanes of at least 4 members (excludes halogenated alkanes) is 4. The predicted octanol–water partition coefficient (Wildman–Crippen LogP) is 4.95. The summed E-state index contributed by atoms with van der Waals surface area (Å²) in [5.74, 6) is 1.01. The van der Waals surface area contributed by atoms with Crippen molar-refractivity contribution in [2.75, 3.05) is 32.8 Å². The summed E-state index contributed by atoms with van der Waals surface area (Å²) < 4.78 is 5.86. The molecule has 0 amide bonds. The van der Waals surface area contributed by atoms with Gasteiger partial charge in [-0.1, -0.05) is 51.7 Å². The molecule has 142 valence electrons. The van der Waals surface area contributed by atoms with Crippen molar-refractivity contribution < 1.29 is 4.74 Å². The molecule has 1 heterocycles. The van der Waals surface area contributed by atoms with Crippen LogP contribution in [0.3, 0.4) is 0 Å². The van der Waals surface area contributed by atoms with E-state index in [1.807, 2.05) is 0 Å². The molecule has 3 nitrogen and oxygen atoms in total. The van der Waals surface area contributed by atoms with E-state index in [2.05, 4.69) is 54.8 Å². The third kappa shape index (κ3) is 7.37. The predicted molar refractivity (Wildman–Crippen MR) is 107 cm³/mol. The third-order valence-corrected chi connectivity index (χ3v) is 5.47. The van der Waals surface area contributed by atoms with Crippen LogP contribution in [0.15, 0.2) is 24.3 Å². The quantitative estimate of drug-likeness (QED) is 0.527. The first-order valence-electron chi connectivity index (χ1n) is 10.4. The molecular weight excluding hydrogens is 308 g/mol. The first kappa shape index (κ1) is 20.3. The molecule has 25 heavy (non-hydrogen) atoms. The summed E-state index contributed by atoms with van der Waals surface area (Å²) in [6.45, 7) is 13.6. The van der Waals surface area contributed by atoms with Crippen LogP contribution in [-0.4, -0.2) is 48.6 Å². The molecule has 0 saturated carbocycles. The Balaban J connectivity index is 1.65. The Bertz CT molecular complexity index is 452. The van der Waals surface area contributed by atoms with Crippen LogP contribution >= 0.6 is 0 Å². The number of benzene rings is 1. The van der Waals surface area contributed by atoms with Crippen molar-refractivity contribution >= 4 is 0 Å². The SMILES string of the molecule is CCCCCCCOc1ccc(CN2CCN(C(C)CC)CC2)cc1. The van der Waals surface area contributed by atoms with Gasteiger partial charge in [-0.25, -0.2) is 0 Å². The van der Waals surface area contributed by atoms with E-state index in [1.54, 1.807) is 0 Å². The van der Waals surface area contributed by atoms with Gasteiger partial charge in [0.05, 0.1) is 6.61 Å². The van der Waals surface area contributed by atoms with E-state index in [0.717, 1.165) is 24.9 Å². The third-order valence-electron chi connectivity index (χ3n) is 5.47. The number of hydrogen-bond donors (Lipinski definition) is 0.